The maximum Gasteiger partial charge on any atom is 0.391 e. The Morgan fingerprint density at radius 1 is 1.32 bits per heavy atom. The molecular formula is C14H16F3NO. The molecule has 0 aromatic heterocycles. The van der Waals surface area contributed by atoms with Crippen LogP contribution in [-0.4, -0.2) is 18.7 Å². The molecule has 1 aliphatic heterocycles. The molecule has 2 atom stereocenters. The predicted octanol–water partition coefficient (Wildman–Crippen LogP) is 4.14. The summed E-state index contributed by atoms with van der Waals surface area (Å²) in [5.41, 5.74) is 1.03. The molecule has 0 N–H and O–H groups in total. The van der Waals surface area contributed by atoms with Gasteiger partial charge in [0.2, 0.25) is 0 Å². The number of alkyl halides is 3. The zero-order valence-electron chi connectivity index (χ0n) is 10.7. The Labute approximate surface area is 110 Å². The van der Waals surface area contributed by atoms with E-state index in [4.69, 9.17) is 4.74 Å². The highest BCUT2D eigenvalue weighted by atomic mass is 19.4. The van der Waals surface area contributed by atoms with Crippen LogP contribution in [0.3, 0.4) is 0 Å². The van der Waals surface area contributed by atoms with Crippen molar-refractivity contribution in [2.24, 2.45) is 10.9 Å². The monoisotopic (exact) mass is 271 g/mol. The first-order valence-electron chi connectivity index (χ1n) is 6.28. The molecule has 0 saturated carbocycles. The third-order valence-corrected chi connectivity index (χ3v) is 3.24. The summed E-state index contributed by atoms with van der Waals surface area (Å²) in [4.78, 5) is 4.34. The van der Waals surface area contributed by atoms with Gasteiger partial charge in [-0.05, 0) is 12.0 Å². The molecule has 0 bridgehead atoms. The van der Waals surface area contributed by atoms with Crippen LogP contribution >= 0.6 is 0 Å². The van der Waals surface area contributed by atoms with Crippen molar-refractivity contribution < 1.29 is 17.9 Å². The van der Waals surface area contributed by atoms with Gasteiger partial charge in [-0.2, -0.15) is 13.2 Å². The minimum atomic E-state index is -4.14. The van der Waals surface area contributed by atoms with E-state index in [0.29, 0.717) is 12.5 Å². The van der Waals surface area contributed by atoms with E-state index in [-0.39, 0.29) is 18.9 Å². The lowest BCUT2D eigenvalue weighted by molar-refractivity contribution is -0.170. The van der Waals surface area contributed by atoms with Crippen molar-refractivity contribution in [3.05, 3.63) is 35.9 Å². The molecule has 19 heavy (non-hydrogen) atoms. The molecule has 0 aliphatic carbocycles. The zero-order chi connectivity index (χ0) is 13.9. The van der Waals surface area contributed by atoms with E-state index >= 15 is 0 Å². The third kappa shape index (κ3) is 3.72. The fourth-order valence-electron chi connectivity index (χ4n) is 1.91. The largest absolute Gasteiger partial charge is 0.478 e. The fourth-order valence-corrected chi connectivity index (χ4v) is 1.91. The number of benzene rings is 1. The Bertz CT molecular complexity index is 442. The van der Waals surface area contributed by atoms with Gasteiger partial charge in [-0.25, -0.2) is 4.99 Å². The molecular weight excluding hydrogens is 255 g/mol. The molecule has 1 aromatic rings. The van der Waals surface area contributed by atoms with Crippen molar-refractivity contribution in [2.45, 2.75) is 32.0 Å². The van der Waals surface area contributed by atoms with Crippen molar-refractivity contribution in [3.8, 4) is 0 Å². The SMILES string of the molecule is CC(CCC1=N[C@H](c2ccccc2)CO1)C(F)(F)F. The maximum absolute atomic E-state index is 12.4. The Hall–Kier alpha value is -1.52. The molecule has 0 amide bonds. The highest BCUT2D eigenvalue weighted by molar-refractivity contribution is 5.77. The molecule has 0 fully saturated rings. The molecule has 104 valence electrons. The molecule has 1 aliphatic rings. The molecule has 2 rings (SSSR count). The van der Waals surface area contributed by atoms with Gasteiger partial charge in [-0.1, -0.05) is 37.3 Å². The minimum absolute atomic E-state index is 0.0177. The Kier molecular flexibility index (Phi) is 4.12. The van der Waals surface area contributed by atoms with Crippen LogP contribution in [0.5, 0.6) is 0 Å². The van der Waals surface area contributed by atoms with Crippen LogP contribution < -0.4 is 0 Å². The second-order valence-electron chi connectivity index (χ2n) is 4.74. The number of nitrogens with zero attached hydrogens (tertiary/aromatic N) is 1. The smallest absolute Gasteiger partial charge is 0.391 e. The number of halogens is 3. The average Bonchev–Trinajstić information content (AvgIpc) is 2.84. The van der Waals surface area contributed by atoms with Gasteiger partial charge in [0.25, 0.3) is 0 Å². The molecule has 1 unspecified atom stereocenters. The van der Waals surface area contributed by atoms with Gasteiger partial charge in [0.15, 0.2) is 5.90 Å². The lowest BCUT2D eigenvalue weighted by Crippen LogP contribution is -2.20. The van der Waals surface area contributed by atoms with Crippen LogP contribution in [0, 0.1) is 5.92 Å². The summed E-state index contributed by atoms with van der Waals surface area (Å²) >= 11 is 0. The highest BCUT2D eigenvalue weighted by Crippen LogP contribution is 2.30. The predicted molar refractivity (Wildman–Crippen MR) is 67.0 cm³/mol. The first kappa shape index (κ1) is 13.9. The van der Waals surface area contributed by atoms with Crippen molar-refractivity contribution >= 4 is 5.90 Å². The normalized spacial score (nSPS) is 20.8. The second-order valence-corrected chi connectivity index (χ2v) is 4.74. The van der Waals surface area contributed by atoms with Gasteiger partial charge in [0.05, 0.1) is 5.92 Å². The lowest BCUT2D eigenvalue weighted by Gasteiger charge is -2.14. The molecule has 5 heteroatoms. The number of aliphatic imine (C=N–C) groups is 1. The molecule has 0 radical (unpaired) electrons. The topological polar surface area (TPSA) is 21.6 Å². The summed E-state index contributed by atoms with van der Waals surface area (Å²) in [6.07, 6.45) is -3.88. The summed E-state index contributed by atoms with van der Waals surface area (Å²) in [6.45, 7) is 1.60. The van der Waals surface area contributed by atoms with Crippen LogP contribution in [0.4, 0.5) is 13.2 Å². The summed E-state index contributed by atoms with van der Waals surface area (Å²) in [5, 5.41) is 0. The first-order valence-corrected chi connectivity index (χ1v) is 6.28. The van der Waals surface area contributed by atoms with E-state index in [1.54, 1.807) is 0 Å². The third-order valence-electron chi connectivity index (χ3n) is 3.24. The van der Waals surface area contributed by atoms with Crippen molar-refractivity contribution in [1.82, 2.24) is 0 Å². The van der Waals surface area contributed by atoms with Crippen molar-refractivity contribution in [1.29, 1.82) is 0 Å². The Morgan fingerprint density at radius 3 is 2.63 bits per heavy atom. The van der Waals surface area contributed by atoms with Crippen molar-refractivity contribution in [3.63, 3.8) is 0 Å². The fraction of sp³-hybridized carbons (Fsp3) is 0.500. The first-order chi connectivity index (χ1) is 8.97. The number of hydrogen-bond acceptors (Lipinski definition) is 2. The average molecular weight is 271 g/mol. The summed E-state index contributed by atoms with van der Waals surface area (Å²) in [7, 11) is 0. The van der Waals surface area contributed by atoms with E-state index < -0.39 is 12.1 Å². The second kappa shape index (κ2) is 5.63. The van der Waals surface area contributed by atoms with E-state index in [1.807, 2.05) is 30.3 Å². The van der Waals surface area contributed by atoms with Crippen LogP contribution in [0.25, 0.3) is 0 Å². The Balaban J connectivity index is 1.90. The van der Waals surface area contributed by atoms with E-state index in [9.17, 15) is 13.2 Å². The maximum atomic E-state index is 12.4. The quantitative estimate of drug-likeness (QED) is 0.806. The van der Waals surface area contributed by atoms with Gasteiger partial charge in [0.1, 0.15) is 12.6 Å². The van der Waals surface area contributed by atoms with Crippen LogP contribution in [-0.2, 0) is 4.74 Å². The van der Waals surface area contributed by atoms with Gasteiger partial charge in [0, 0.05) is 6.42 Å². The van der Waals surface area contributed by atoms with Crippen LogP contribution in [0.1, 0.15) is 31.4 Å². The molecule has 2 nitrogen and oxygen atoms in total. The van der Waals surface area contributed by atoms with Crippen LogP contribution in [0.2, 0.25) is 0 Å². The molecule has 0 spiro atoms. The number of hydrogen-bond donors (Lipinski definition) is 0. The van der Waals surface area contributed by atoms with Crippen molar-refractivity contribution in [2.75, 3.05) is 6.61 Å². The summed E-state index contributed by atoms with van der Waals surface area (Å²) in [6, 6.07) is 9.53. The van der Waals surface area contributed by atoms with Crippen LogP contribution in [0.15, 0.2) is 35.3 Å². The molecule has 0 saturated heterocycles. The highest BCUT2D eigenvalue weighted by Gasteiger charge is 2.36. The molecule has 1 aromatic carbocycles. The summed E-state index contributed by atoms with van der Waals surface area (Å²) in [5.74, 6) is -0.889. The van der Waals surface area contributed by atoms with Gasteiger partial charge >= 0.3 is 6.18 Å². The molecule has 1 heterocycles. The van der Waals surface area contributed by atoms with Gasteiger partial charge in [-0.15, -0.1) is 0 Å². The van der Waals surface area contributed by atoms with E-state index in [1.165, 1.54) is 6.92 Å². The lowest BCUT2D eigenvalue weighted by atomic mass is 10.1. The van der Waals surface area contributed by atoms with E-state index in [0.717, 1.165) is 5.56 Å². The Morgan fingerprint density at radius 2 is 2.00 bits per heavy atom. The zero-order valence-corrected chi connectivity index (χ0v) is 10.7. The van der Waals surface area contributed by atoms with Gasteiger partial charge in [-0.3, -0.25) is 0 Å². The standard InChI is InChI=1S/C14H16F3NO/c1-10(14(15,16)17)7-8-13-18-12(9-19-13)11-5-3-2-4-6-11/h2-6,10,12H,7-9H2,1H3/t10?,12-/m0/s1. The minimum Gasteiger partial charge on any atom is -0.478 e. The summed E-state index contributed by atoms with van der Waals surface area (Å²) < 4.78 is 42.5. The van der Waals surface area contributed by atoms with E-state index in [2.05, 4.69) is 4.99 Å². The number of rotatable bonds is 4. The number of ether oxygens (including phenoxy) is 1. The van der Waals surface area contributed by atoms with Gasteiger partial charge < -0.3 is 4.74 Å².